The second kappa shape index (κ2) is 9.37. The molecule has 142 valence electrons. The first-order valence-corrected chi connectivity index (χ1v) is 8.91. The van der Waals surface area contributed by atoms with Gasteiger partial charge in [0.25, 0.3) is 5.91 Å². The first-order valence-electron chi connectivity index (χ1n) is 8.91. The molecule has 0 fully saturated rings. The number of para-hydroxylation sites is 1. The molecule has 0 aliphatic rings. The van der Waals surface area contributed by atoms with Crippen molar-refractivity contribution in [3.8, 4) is 5.75 Å². The summed E-state index contributed by atoms with van der Waals surface area (Å²) in [5, 5.41) is 2.72. The molecule has 3 rings (SSSR count). The maximum Gasteiger partial charge on any atom is 0.338 e. The van der Waals surface area contributed by atoms with Gasteiger partial charge < -0.3 is 14.8 Å². The van der Waals surface area contributed by atoms with E-state index in [1.807, 2.05) is 55.5 Å². The summed E-state index contributed by atoms with van der Waals surface area (Å²) in [6.45, 7) is 1.99. The van der Waals surface area contributed by atoms with Gasteiger partial charge in [-0.2, -0.15) is 0 Å². The van der Waals surface area contributed by atoms with Crippen LogP contribution in [0.25, 0.3) is 0 Å². The Morgan fingerprint density at radius 2 is 1.54 bits per heavy atom. The summed E-state index contributed by atoms with van der Waals surface area (Å²) in [7, 11) is 0. The second-order valence-corrected chi connectivity index (χ2v) is 6.24. The molecular weight excluding hydrogens is 354 g/mol. The van der Waals surface area contributed by atoms with Gasteiger partial charge in [-0.3, -0.25) is 4.79 Å². The number of aryl methyl sites for hydroxylation is 1. The monoisotopic (exact) mass is 375 g/mol. The molecule has 1 N–H and O–H groups in total. The molecule has 0 aliphatic carbocycles. The van der Waals surface area contributed by atoms with Crippen molar-refractivity contribution in [2.24, 2.45) is 0 Å². The van der Waals surface area contributed by atoms with Crippen molar-refractivity contribution in [3.05, 3.63) is 95.6 Å². The number of hydrogen-bond donors (Lipinski definition) is 1. The number of amides is 1. The van der Waals surface area contributed by atoms with E-state index < -0.39 is 5.97 Å². The zero-order chi connectivity index (χ0) is 19.8. The first-order chi connectivity index (χ1) is 13.6. The van der Waals surface area contributed by atoms with Crippen LogP contribution in [0.2, 0.25) is 0 Å². The van der Waals surface area contributed by atoms with E-state index in [-0.39, 0.29) is 12.5 Å². The Labute approximate surface area is 163 Å². The highest BCUT2D eigenvalue weighted by Crippen LogP contribution is 2.15. The Bertz CT molecular complexity index is 936. The molecule has 0 unspecified atom stereocenters. The van der Waals surface area contributed by atoms with E-state index in [0.29, 0.717) is 23.6 Å². The SMILES string of the molecule is Cc1ccccc1NC(=O)COC(=O)c1ccc(OCc2ccccc2)cc1. The molecule has 0 saturated carbocycles. The summed E-state index contributed by atoms with van der Waals surface area (Å²) < 4.78 is 10.8. The lowest BCUT2D eigenvalue weighted by Crippen LogP contribution is -2.21. The minimum absolute atomic E-state index is 0.348. The molecule has 5 heteroatoms. The number of esters is 1. The highest BCUT2D eigenvalue weighted by Gasteiger charge is 2.11. The second-order valence-electron chi connectivity index (χ2n) is 6.24. The molecule has 0 aromatic heterocycles. The molecule has 0 radical (unpaired) electrons. The summed E-state index contributed by atoms with van der Waals surface area (Å²) in [5.41, 5.74) is 3.05. The highest BCUT2D eigenvalue weighted by atomic mass is 16.5. The molecule has 0 saturated heterocycles. The third-order valence-electron chi connectivity index (χ3n) is 4.09. The Kier molecular flexibility index (Phi) is 6.41. The molecule has 3 aromatic rings. The van der Waals surface area contributed by atoms with Gasteiger partial charge in [-0.05, 0) is 48.4 Å². The van der Waals surface area contributed by atoms with E-state index in [2.05, 4.69) is 5.32 Å². The number of hydrogen-bond acceptors (Lipinski definition) is 4. The van der Waals surface area contributed by atoms with Crippen LogP contribution in [0.4, 0.5) is 5.69 Å². The summed E-state index contributed by atoms with van der Waals surface area (Å²) in [6, 6.07) is 23.8. The third-order valence-corrected chi connectivity index (χ3v) is 4.09. The number of anilines is 1. The minimum atomic E-state index is -0.561. The summed E-state index contributed by atoms with van der Waals surface area (Å²) in [5.74, 6) is -0.294. The van der Waals surface area contributed by atoms with Crippen molar-refractivity contribution in [3.63, 3.8) is 0 Å². The Morgan fingerprint density at radius 1 is 0.857 bits per heavy atom. The van der Waals surface area contributed by atoms with Crippen LogP contribution in [0.1, 0.15) is 21.5 Å². The van der Waals surface area contributed by atoms with Crippen LogP contribution in [0, 0.1) is 6.92 Å². The molecule has 0 bridgehead atoms. The number of benzene rings is 3. The smallest absolute Gasteiger partial charge is 0.338 e. The van der Waals surface area contributed by atoms with Crippen molar-refractivity contribution < 1.29 is 19.1 Å². The van der Waals surface area contributed by atoms with Gasteiger partial charge in [0.05, 0.1) is 5.56 Å². The van der Waals surface area contributed by atoms with E-state index in [1.54, 1.807) is 30.3 Å². The standard InChI is InChI=1S/C23H21NO4/c1-17-7-5-6-10-21(17)24-22(25)16-28-23(26)19-11-13-20(14-12-19)27-15-18-8-3-2-4-9-18/h2-14H,15-16H2,1H3,(H,24,25). The maximum absolute atomic E-state index is 12.1. The van der Waals surface area contributed by atoms with Crippen LogP contribution >= 0.6 is 0 Å². The predicted molar refractivity (Wildman–Crippen MR) is 107 cm³/mol. The molecule has 0 aliphatic heterocycles. The molecule has 0 heterocycles. The quantitative estimate of drug-likeness (QED) is 0.623. The van der Waals surface area contributed by atoms with Gasteiger partial charge >= 0.3 is 5.97 Å². The average molecular weight is 375 g/mol. The number of rotatable bonds is 7. The number of ether oxygens (including phenoxy) is 2. The van der Waals surface area contributed by atoms with E-state index in [1.165, 1.54) is 0 Å². The van der Waals surface area contributed by atoms with Gasteiger partial charge in [0.15, 0.2) is 6.61 Å². The lowest BCUT2D eigenvalue weighted by atomic mass is 10.2. The van der Waals surface area contributed by atoms with Crippen LogP contribution in [0.5, 0.6) is 5.75 Å². The predicted octanol–water partition coefficient (Wildman–Crippen LogP) is 4.37. The Hall–Kier alpha value is -3.60. The molecule has 0 atom stereocenters. The van der Waals surface area contributed by atoms with Crippen molar-refractivity contribution in [1.29, 1.82) is 0 Å². The van der Waals surface area contributed by atoms with Gasteiger partial charge in [-0.25, -0.2) is 4.79 Å². The summed E-state index contributed by atoms with van der Waals surface area (Å²) in [6.07, 6.45) is 0. The lowest BCUT2D eigenvalue weighted by Gasteiger charge is -2.09. The van der Waals surface area contributed by atoms with Crippen LogP contribution in [-0.4, -0.2) is 18.5 Å². The summed E-state index contributed by atoms with van der Waals surface area (Å²) >= 11 is 0. The average Bonchev–Trinajstić information content (AvgIpc) is 2.73. The van der Waals surface area contributed by atoms with Crippen LogP contribution in [0.3, 0.4) is 0 Å². The van der Waals surface area contributed by atoms with Crippen LogP contribution in [-0.2, 0) is 16.1 Å². The van der Waals surface area contributed by atoms with Crippen molar-refractivity contribution in [2.45, 2.75) is 13.5 Å². The minimum Gasteiger partial charge on any atom is -0.489 e. The Balaban J connectivity index is 1.47. The van der Waals surface area contributed by atoms with Crippen LogP contribution < -0.4 is 10.1 Å². The fourth-order valence-electron chi connectivity index (χ4n) is 2.54. The van der Waals surface area contributed by atoms with Gasteiger partial charge in [-0.15, -0.1) is 0 Å². The van der Waals surface area contributed by atoms with E-state index in [4.69, 9.17) is 9.47 Å². The molecule has 28 heavy (non-hydrogen) atoms. The van der Waals surface area contributed by atoms with E-state index in [9.17, 15) is 9.59 Å². The van der Waals surface area contributed by atoms with Crippen molar-refractivity contribution in [2.75, 3.05) is 11.9 Å². The normalized spacial score (nSPS) is 10.2. The third kappa shape index (κ3) is 5.45. The molecule has 5 nitrogen and oxygen atoms in total. The maximum atomic E-state index is 12.1. The van der Waals surface area contributed by atoms with Gasteiger partial charge in [0.1, 0.15) is 12.4 Å². The van der Waals surface area contributed by atoms with Crippen LogP contribution in [0.15, 0.2) is 78.9 Å². The summed E-state index contributed by atoms with van der Waals surface area (Å²) in [4.78, 5) is 24.1. The molecule has 0 spiro atoms. The molecule has 1 amide bonds. The Morgan fingerprint density at radius 3 is 2.25 bits per heavy atom. The van der Waals surface area contributed by atoms with Gasteiger partial charge in [0.2, 0.25) is 0 Å². The number of carbonyl (C=O) groups excluding carboxylic acids is 2. The van der Waals surface area contributed by atoms with Gasteiger partial charge in [-0.1, -0.05) is 48.5 Å². The fourth-order valence-corrected chi connectivity index (χ4v) is 2.54. The van der Waals surface area contributed by atoms with Gasteiger partial charge in [0, 0.05) is 5.69 Å². The zero-order valence-corrected chi connectivity index (χ0v) is 15.6. The zero-order valence-electron chi connectivity index (χ0n) is 15.6. The first kappa shape index (κ1) is 19.2. The van der Waals surface area contributed by atoms with Crippen molar-refractivity contribution in [1.82, 2.24) is 0 Å². The van der Waals surface area contributed by atoms with Crippen molar-refractivity contribution >= 4 is 17.6 Å². The largest absolute Gasteiger partial charge is 0.489 e. The number of nitrogens with one attached hydrogen (secondary N) is 1. The fraction of sp³-hybridized carbons (Fsp3) is 0.130. The molecule has 3 aromatic carbocycles. The molecular formula is C23H21NO4. The lowest BCUT2D eigenvalue weighted by molar-refractivity contribution is -0.119. The van der Waals surface area contributed by atoms with E-state index >= 15 is 0 Å². The number of carbonyl (C=O) groups is 2. The topological polar surface area (TPSA) is 64.6 Å². The van der Waals surface area contributed by atoms with E-state index in [0.717, 1.165) is 11.1 Å². The highest BCUT2D eigenvalue weighted by molar-refractivity contribution is 5.95.